The monoisotopic (exact) mass is 206 g/mol. The zero-order valence-corrected chi connectivity index (χ0v) is 8.67. The summed E-state index contributed by atoms with van der Waals surface area (Å²) in [6.07, 6.45) is 1.31. The number of sulfonamides is 1. The van der Waals surface area contributed by atoms with Crippen LogP contribution < -0.4 is 0 Å². The Kier molecular flexibility index (Phi) is 5.53. The molecule has 13 heavy (non-hydrogen) atoms. The molecule has 0 aliphatic rings. The van der Waals surface area contributed by atoms with Crippen molar-refractivity contribution in [3.05, 3.63) is 0 Å². The second-order valence-electron chi connectivity index (χ2n) is 2.37. The van der Waals surface area contributed by atoms with Gasteiger partial charge in [0.25, 0.3) is 0 Å². The van der Waals surface area contributed by atoms with Gasteiger partial charge in [0.1, 0.15) is 0 Å². The van der Waals surface area contributed by atoms with Crippen molar-refractivity contribution in [3.8, 4) is 0 Å². The average molecular weight is 206 g/mol. The molecule has 0 unspecified atom stereocenters. The molecule has 0 amide bonds. The van der Waals surface area contributed by atoms with Gasteiger partial charge in [0.15, 0.2) is 0 Å². The summed E-state index contributed by atoms with van der Waals surface area (Å²) in [5, 5.41) is 0. The number of aliphatic imine (C=N–C) groups is 1. The minimum absolute atomic E-state index is 0.0116. The van der Waals surface area contributed by atoms with E-state index in [1.165, 1.54) is 10.4 Å². The van der Waals surface area contributed by atoms with Crippen molar-refractivity contribution >= 4 is 16.1 Å². The Balaban J connectivity index is 4.29. The normalized spacial score (nSPS) is 11.3. The molecule has 0 heterocycles. The van der Waals surface area contributed by atoms with Crippen molar-refractivity contribution in [1.82, 2.24) is 4.31 Å². The molecule has 0 rings (SSSR count). The lowest BCUT2D eigenvalue weighted by Gasteiger charge is -2.17. The summed E-state index contributed by atoms with van der Waals surface area (Å²) >= 11 is 0. The summed E-state index contributed by atoms with van der Waals surface area (Å²) in [5.41, 5.74) is 0. The van der Waals surface area contributed by atoms with E-state index < -0.39 is 10.0 Å². The van der Waals surface area contributed by atoms with Crippen LogP contribution in [0.2, 0.25) is 0 Å². The molecule has 5 nitrogen and oxygen atoms in total. The van der Waals surface area contributed by atoms with Gasteiger partial charge in [-0.1, -0.05) is 13.8 Å². The summed E-state index contributed by atoms with van der Waals surface area (Å²) in [6, 6.07) is 0. The maximum atomic E-state index is 11.4. The molecule has 0 atom stereocenters. The van der Waals surface area contributed by atoms with Crippen LogP contribution in [-0.4, -0.2) is 44.2 Å². The van der Waals surface area contributed by atoms with Gasteiger partial charge in [0, 0.05) is 13.1 Å². The molecule has 0 aliphatic heterocycles. The molecule has 0 aromatic carbocycles. The molecular formula is C7H14N2O3S. The second kappa shape index (κ2) is 5.85. The van der Waals surface area contributed by atoms with Crippen molar-refractivity contribution in [2.24, 2.45) is 4.99 Å². The van der Waals surface area contributed by atoms with Crippen molar-refractivity contribution in [1.29, 1.82) is 0 Å². The number of rotatable bonds is 6. The lowest BCUT2D eigenvalue weighted by atomic mass is 10.7. The molecule has 6 heteroatoms. The Hall–Kier alpha value is -0.710. The highest BCUT2D eigenvalue weighted by Gasteiger charge is 2.17. The third-order valence-electron chi connectivity index (χ3n) is 1.62. The topological polar surface area (TPSA) is 66.8 Å². The molecule has 0 radical (unpaired) electrons. The molecule has 76 valence electrons. The second-order valence-corrected chi connectivity index (χ2v) is 4.46. The van der Waals surface area contributed by atoms with E-state index in [2.05, 4.69) is 4.99 Å². The first-order valence-electron chi connectivity index (χ1n) is 4.10. The van der Waals surface area contributed by atoms with Gasteiger partial charge in [-0.25, -0.2) is 22.5 Å². The fourth-order valence-electron chi connectivity index (χ4n) is 0.953. The third-order valence-corrected chi connectivity index (χ3v) is 3.63. The number of hydrogen-bond acceptors (Lipinski definition) is 4. The highest BCUT2D eigenvalue weighted by Crippen LogP contribution is 1.99. The van der Waals surface area contributed by atoms with Gasteiger partial charge >= 0.3 is 0 Å². The molecule has 0 spiro atoms. The van der Waals surface area contributed by atoms with E-state index in [4.69, 9.17) is 0 Å². The van der Waals surface area contributed by atoms with E-state index in [-0.39, 0.29) is 12.3 Å². The average Bonchev–Trinajstić information content (AvgIpc) is 2.06. The van der Waals surface area contributed by atoms with Gasteiger partial charge in [-0.05, 0) is 0 Å². The van der Waals surface area contributed by atoms with Gasteiger partial charge in [0.2, 0.25) is 16.1 Å². The summed E-state index contributed by atoms with van der Waals surface area (Å²) in [5.74, 6) is -0.121. The smallest absolute Gasteiger partial charge is 0.212 e. The Morgan fingerprint density at radius 2 is 1.85 bits per heavy atom. The first kappa shape index (κ1) is 12.3. The summed E-state index contributed by atoms with van der Waals surface area (Å²) < 4.78 is 24.1. The fraction of sp³-hybridized carbons (Fsp3) is 0.857. The van der Waals surface area contributed by atoms with Crippen LogP contribution in [-0.2, 0) is 14.8 Å². The molecule has 0 aromatic heterocycles. The molecule has 0 aromatic rings. The largest absolute Gasteiger partial charge is 0.234 e. The number of nitrogens with zero attached hydrogens (tertiary/aromatic N) is 2. The van der Waals surface area contributed by atoms with Gasteiger partial charge in [-0.3, -0.25) is 0 Å². The van der Waals surface area contributed by atoms with E-state index in [0.717, 1.165) is 0 Å². The SMILES string of the molecule is CCN(CC)S(=O)(=O)CCN=C=O. The lowest BCUT2D eigenvalue weighted by molar-refractivity contribution is 0.445. The summed E-state index contributed by atoms with van der Waals surface area (Å²) in [7, 11) is -3.23. The van der Waals surface area contributed by atoms with Crippen molar-refractivity contribution < 1.29 is 13.2 Å². The van der Waals surface area contributed by atoms with E-state index in [1.54, 1.807) is 13.8 Å². The quantitative estimate of drug-likeness (QED) is 0.453. The van der Waals surface area contributed by atoms with Crippen LogP contribution in [0.3, 0.4) is 0 Å². The van der Waals surface area contributed by atoms with Crippen molar-refractivity contribution in [2.75, 3.05) is 25.4 Å². The van der Waals surface area contributed by atoms with Crippen molar-refractivity contribution in [3.63, 3.8) is 0 Å². The summed E-state index contributed by atoms with van der Waals surface area (Å²) in [4.78, 5) is 12.9. The number of carbonyl (C=O) groups excluding carboxylic acids is 1. The minimum atomic E-state index is -3.23. The van der Waals surface area contributed by atoms with Crippen LogP contribution in [0.25, 0.3) is 0 Å². The standard InChI is InChI=1S/C7H14N2O3S/c1-3-9(4-2)13(11,12)6-5-8-7-10/h3-6H2,1-2H3. The van der Waals surface area contributed by atoms with Crippen LogP contribution in [0.5, 0.6) is 0 Å². The van der Waals surface area contributed by atoms with E-state index in [0.29, 0.717) is 13.1 Å². The maximum Gasteiger partial charge on any atom is 0.234 e. The van der Waals surface area contributed by atoms with Crippen LogP contribution >= 0.6 is 0 Å². The van der Waals surface area contributed by atoms with Gasteiger partial charge in [0.05, 0.1) is 12.3 Å². The number of isocyanates is 1. The molecule has 0 saturated heterocycles. The van der Waals surface area contributed by atoms with E-state index >= 15 is 0 Å². The fourth-order valence-corrected chi connectivity index (χ4v) is 2.32. The van der Waals surface area contributed by atoms with Crippen LogP contribution in [0.15, 0.2) is 4.99 Å². The predicted molar refractivity (Wildman–Crippen MR) is 49.7 cm³/mol. The third kappa shape index (κ3) is 4.17. The highest BCUT2D eigenvalue weighted by molar-refractivity contribution is 7.89. The molecule has 0 saturated carbocycles. The molecule has 0 fully saturated rings. The maximum absolute atomic E-state index is 11.4. The zero-order chi connectivity index (χ0) is 10.3. The Morgan fingerprint density at radius 3 is 2.23 bits per heavy atom. The van der Waals surface area contributed by atoms with E-state index in [1.807, 2.05) is 0 Å². The Labute approximate surface area is 78.5 Å². The van der Waals surface area contributed by atoms with Crippen LogP contribution in [0.1, 0.15) is 13.8 Å². The lowest BCUT2D eigenvalue weighted by Crippen LogP contribution is -2.33. The van der Waals surface area contributed by atoms with Gasteiger partial charge in [-0.2, -0.15) is 0 Å². The van der Waals surface area contributed by atoms with Gasteiger partial charge in [-0.15, -0.1) is 0 Å². The van der Waals surface area contributed by atoms with Crippen LogP contribution in [0, 0.1) is 0 Å². The molecule has 0 bridgehead atoms. The number of hydrogen-bond donors (Lipinski definition) is 0. The molecule has 0 N–H and O–H groups in total. The predicted octanol–water partition coefficient (Wildman–Crippen LogP) is -0.00620. The summed E-state index contributed by atoms with van der Waals surface area (Å²) in [6.45, 7) is 4.42. The van der Waals surface area contributed by atoms with Gasteiger partial charge < -0.3 is 0 Å². The first-order valence-corrected chi connectivity index (χ1v) is 5.70. The van der Waals surface area contributed by atoms with Crippen LogP contribution in [0.4, 0.5) is 0 Å². The Bertz CT molecular complexity index is 276. The highest BCUT2D eigenvalue weighted by atomic mass is 32.2. The Morgan fingerprint density at radius 1 is 1.31 bits per heavy atom. The minimum Gasteiger partial charge on any atom is -0.212 e. The van der Waals surface area contributed by atoms with Crippen molar-refractivity contribution in [2.45, 2.75) is 13.8 Å². The first-order chi connectivity index (χ1) is 6.08. The molecule has 0 aliphatic carbocycles. The zero-order valence-electron chi connectivity index (χ0n) is 7.86. The van der Waals surface area contributed by atoms with E-state index in [9.17, 15) is 13.2 Å². The molecular weight excluding hydrogens is 192 g/mol.